The summed E-state index contributed by atoms with van der Waals surface area (Å²) < 4.78 is 0. The van der Waals surface area contributed by atoms with Gasteiger partial charge < -0.3 is 10.4 Å². The van der Waals surface area contributed by atoms with Crippen molar-refractivity contribution in [3.63, 3.8) is 0 Å². The number of rotatable bonds is 5. The fraction of sp³-hybridized carbons (Fsp3) is 0.467. The Balaban J connectivity index is 1.52. The van der Waals surface area contributed by atoms with E-state index < -0.39 is 0 Å². The number of aliphatic hydroxyl groups is 1. The van der Waals surface area contributed by atoms with Crippen LogP contribution in [0.1, 0.15) is 18.4 Å². The smallest absolute Gasteiger partial charge is 0.234 e. The standard InChI is InChI=1S/C15H20N6O2/c22-13-5-2-6-21(9-13)10-14(23)16-8-11-3-1-4-12(7-11)15-17-19-20-18-15/h1,3-4,7,13,22H,2,5-6,8-10H2,(H,16,23)(H,17,18,19,20)/t13-/m1/s1. The number of amides is 1. The van der Waals surface area contributed by atoms with Crippen LogP contribution in [-0.4, -0.2) is 62.3 Å². The Morgan fingerprint density at radius 2 is 2.39 bits per heavy atom. The van der Waals surface area contributed by atoms with Gasteiger partial charge in [0, 0.05) is 18.7 Å². The van der Waals surface area contributed by atoms with Crippen LogP contribution in [-0.2, 0) is 11.3 Å². The highest BCUT2D eigenvalue weighted by Gasteiger charge is 2.19. The number of aliphatic hydroxyl groups excluding tert-OH is 1. The zero-order chi connectivity index (χ0) is 16.1. The second-order valence-corrected chi connectivity index (χ2v) is 5.74. The summed E-state index contributed by atoms with van der Waals surface area (Å²) >= 11 is 0. The molecule has 1 amide bonds. The first-order valence-electron chi connectivity index (χ1n) is 7.70. The molecule has 1 aromatic carbocycles. The Kier molecular flexibility index (Phi) is 4.94. The summed E-state index contributed by atoms with van der Waals surface area (Å²) in [6.07, 6.45) is 1.44. The molecule has 1 atom stereocenters. The summed E-state index contributed by atoms with van der Waals surface area (Å²) in [4.78, 5) is 14.0. The van der Waals surface area contributed by atoms with E-state index in [1.54, 1.807) is 0 Å². The molecule has 0 aliphatic carbocycles. The molecule has 1 aliphatic rings. The van der Waals surface area contributed by atoms with Crippen LogP contribution in [0.3, 0.4) is 0 Å². The highest BCUT2D eigenvalue weighted by Crippen LogP contribution is 2.15. The van der Waals surface area contributed by atoms with Gasteiger partial charge in [0.05, 0.1) is 12.6 Å². The number of likely N-dealkylation sites (tertiary alicyclic amines) is 1. The lowest BCUT2D eigenvalue weighted by atomic mass is 10.1. The van der Waals surface area contributed by atoms with E-state index in [2.05, 4.69) is 25.9 Å². The van der Waals surface area contributed by atoms with Crippen molar-refractivity contribution in [3.05, 3.63) is 29.8 Å². The van der Waals surface area contributed by atoms with Crippen LogP contribution in [0.2, 0.25) is 0 Å². The number of H-pyrrole nitrogens is 1. The molecule has 23 heavy (non-hydrogen) atoms. The van der Waals surface area contributed by atoms with Crippen LogP contribution in [0.5, 0.6) is 0 Å². The summed E-state index contributed by atoms with van der Waals surface area (Å²) in [5.74, 6) is 0.490. The summed E-state index contributed by atoms with van der Waals surface area (Å²) in [7, 11) is 0. The van der Waals surface area contributed by atoms with Crippen LogP contribution in [0.4, 0.5) is 0 Å². The number of β-amino-alcohol motifs (C(OH)–C–C–N with tert-alkyl or cyclic N) is 1. The molecule has 2 heterocycles. The summed E-state index contributed by atoms with van der Waals surface area (Å²) in [5, 5.41) is 26.4. The molecule has 0 saturated carbocycles. The maximum absolute atomic E-state index is 12.0. The van der Waals surface area contributed by atoms with Crippen molar-refractivity contribution < 1.29 is 9.90 Å². The predicted octanol–water partition coefficient (Wildman–Crippen LogP) is -0.0604. The zero-order valence-electron chi connectivity index (χ0n) is 12.8. The molecule has 1 aliphatic heterocycles. The topological polar surface area (TPSA) is 107 Å². The van der Waals surface area contributed by atoms with Crippen molar-refractivity contribution in [3.8, 4) is 11.4 Å². The molecule has 8 heteroatoms. The Hall–Kier alpha value is -2.32. The lowest BCUT2D eigenvalue weighted by Crippen LogP contribution is -2.44. The summed E-state index contributed by atoms with van der Waals surface area (Å²) in [5.41, 5.74) is 1.82. The molecule has 1 saturated heterocycles. The number of nitrogens with zero attached hydrogens (tertiary/aromatic N) is 4. The van der Waals surface area contributed by atoms with E-state index in [1.165, 1.54) is 0 Å². The number of hydrogen-bond acceptors (Lipinski definition) is 6. The Morgan fingerprint density at radius 1 is 1.48 bits per heavy atom. The number of hydrogen-bond donors (Lipinski definition) is 3. The number of tetrazole rings is 1. The molecule has 0 unspecified atom stereocenters. The Labute approximate surface area is 133 Å². The van der Waals surface area contributed by atoms with Gasteiger partial charge in [-0.05, 0) is 36.2 Å². The molecule has 122 valence electrons. The highest BCUT2D eigenvalue weighted by molar-refractivity contribution is 5.78. The number of piperidine rings is 1. The monoisotopic (exact) mass is 316 g/mol. The van der Waals surface area contributed by atoms with Gasteiger partial charge in [-0.3, -0.25) is 9.69 Å². The molecule has 1 aromatic heterocycles. The molecular formula is C15H20N6O2. The van der Waals surface area contributed by atoms with Crippen molar-refractivity contribution in [2.24, 2.45) is 0 Å². The van der Waals surface area contributed by atoms with Crippen LogP contribution in [0.15, 0.2) is 24.3 Å². The number of aromatic amines is 1. The van der Waals surface area contributed by atoms with E-state index in [-0.39, 0.29) is 12.0 Å². The van der Waals surface area contributed by atoms with Gasteiger partial charge in [0.15, 0.2) is 0 Å². The lowest BCUT2D eigenvalue weighted by Gasteiger charge is -2.29. The van der Waals surface area contributed by atoms with Crippen molar-refractivity contribution in [1.29, 1.82) is 0 Å². The van der Waals surface area contributed by atoms with Crippen molar-refractivity contribution >= 4 is 5.91 Å². The Bertz CT molecular complexity index is 645. The van der Waals surface area contributed by atoms with E-state index in [0.717, 1.165) is 30.5 Å². The van der Waals surface area contributed by atoms with Gasteiger partial charge >= 0.3 is 0 Å². The third-order valence-corrected chi connectivity index (χ3v) is 3.87. The molecule has 8 nitrogen and oxygen atoms in total. The van der Waals surface area contributed by atoms with Gasteiger partial charge in [-0.2, -0.15) is 5.21 Å². The highest BCUT2D eigenvalue weighted by atomic mass is 16.3. The van der Waals surface area contributed by atoms with Crippen molar-refractivity contribution in [1.82, 2.24) is 30.8 Å². The van der Waals surface area contributed by atoms with E-state index in [9.17, 15) is 9.90 Å². The summed E-state index contributed by atoms with van der Waals surface area (Å²) in [6.45, 7) is 2.20. The molecule has 0 bridgehead atoms. The number of aromatic nitrogens is 4. The largest absolute Gasteiger partial charge is 0.392 e. The lowest BCUT2D eigenvalue weighted by molar-refractivity contribution is -0.123. The van der Waals surface area contributed by atoms with Crippen LogP contribution < -0.4 is 5.32 Å². The van der Waals surface area contributed by atoms with E-state index >= 15 is 0 Å². The van der Waals surface area contributed by atoms with E-state index in [4.69, 9.17) is 0 Å². The van der Waals surface area contributed by atoms with Crippen molar-refractivity contribution in [2.75, 3.05) is 19.6 Å². The molecule has 0 radical (unpaired) electrons. The van der Waals surface area contributed by atoms with E-state index in [1.807, 2.05) is 29.2 Å². The van der Waals surface area contributed by atoms with Crippen LogP contribution in [0.25, 0.3) is 11.4 Å². The average Bonchev–Trinajstić information content (AvgIpc) is 3.08. The summed E-state index contributed by atoms with van der Waals surface area (Å²) in [6, 6.07) is 7.66. The second kappa shape index (κ2) is 7.30. The SMILES string of the molecule is O=C(CN1CCC[C@@H](O)C1)NCc1cccc(-c2nn[nH]n2)c1. The van der Waals surface area contributed by atoms with Gasteiger partial charge in [-0.1, -0.05) is 18.2 Å². The molecule has 0 spiro atoms. The second-order valence-electron chi connectivity index (χ2n) is 5.74. The quantitative estimate of drug-likeness (QED) is 0.713. The Morgan fingerprint density at radius 3 is 3.17 bits per heavy atom. The molecular weight excluding hydrogens is 296 g/mol. The minimum Gasteiger partial charge on any atom is -0.392 e. The zero-order valence-corrected chi connectivity index (χ0v) is 12.8. The fourth-order valence-corrected chi connectivity index (χ4v) is 2.74. The minimum absolute atomic E-state index is 0.0379. The van der Waals surface area contributed by atoms with Crippen LogP contribution >= 0.6 is 0 Å². The predicted molar refractivity (Wildman–Crippen MR) is 83.1 cm³/mol. The maximum atomic E-state index is 12.0. The normalized spacial score (nSPS) is 18.7. The third kappa shape index (κ3) is 4.33. The maximum Gasteiger partial charge on any atom is 0.234 e. The number of carbonyl (C=O) groups excluding carboxylic acids is 1. The average molecular weight is 316 g/mol. The first-order chi connectivity index (χ1) is 11.2. The molecule has 1 fully saturated rings. The third-order valence-electron chi connectivity index (χ3n) is 3.87. The number of benzene rings is 1. The van der Waals surface area contributed by atoms with Gasteiger partial charge in [0.25, 0.3) is 0 Å². The first kappa shape index (κ1) is 15.6. The number of nitrogens with one attached hydrogen (secondary N) is 2. The van der Waals surface area contributed by atoms with Gasteiger partial charge in [0.1, 0.15) is 0 Å². The van der Waals surface area contributed by atoms with Gasteiger partial charge in [-0.15, -0.1) is 10.2 Å². The fourth-order valence-electron chi connectivity index (χ4n) is 2.74. The number of carbonyl (C=O) groups is 1. The molecule has 3 rings (SSSR count). The van der Waals surface area contributed by atoms with E-state index in [0.29, 0.717) is 25.5 Å². The van der Waals surface area contributed by atoms with Crippen LogP contribution in [0, 0.1) is 0 Å². The van der Waals surface area contributed by atoms with Gasteiger partial charge in [-0.25, -0.2) is 0 Å². The van der Waals surface area contributed by atoms with Crippen molar-refractivity contribution in [2.45, 2.75) is 25.5 Å². The minimum atomic E-state index is -0.316. The molecule has 2 aromatic rings. The first-order valence-corrected chi connectivity index (χ1v) is 7.70. The molecule has 3 N–H and O–H groups in total. The van der Waals surface area contributed by atoms with Gasteiger partial charge in [0.2, 0.25) is 11.7 Å².